The first-order chi connectivity index (χ1) is 21.6. The Labute approximate surface area is 256 Å². The Bertz CT molecular complexity index is 2460. The summed E-state index contributed by atoms with van der Waals surface area (Å²) in [5.74, 6) is 0.472. The van der Waals surface area contributed by atoms with Gasteiger partial charge in [-0.05, 0) is 113 Å². The fourth-order valence-corrected chi connectivity index (χ4v) is 7.28. The molecule has 44 heavy (non-hydrogen) atoms. The molecular weight excluding hydrogens is 530 g/mol. The van der Waals surface area contributed by atoms with E-state index in [-0.39, 0.29) is 0 Å². The lowest BCUT2D eigenvalue weighted by atomic mass is 9.87. The summed E-state index contributed by atoms with van der Waals surface area (Å²) in [5.41, 5.74) is 4.85. The molecule has 9 aromatic rings. The highest BCUT2D eigenvalue weighted by atomic mass is 15.1. The van der Waals surface area contributed by atoms with Crippen LogP contribution < -0.4 is 4.90 Å². The largest absolute Gasteiger partial charge is 0.310 e. The Balaban J connectivity index is 1.38. The van der Waals surface area contributed by atoms with Gasteiger partial charge in [0.1, 0.15) is 0 Å². The predicted octanol–water partition coefficient (Wildman–Crippen LogP) is 12.6. The second kappa shape index (κ2) is 9.56. The molecule has 0 unspecified atom stereocenters. The van der Waals surface area contributed by atoms with E-state index in [0.29, 0.717) is 5.92 Å². The van der Waals surface area contributed by atoms with Crippen molar-refractivity contribution in [3.8, 4) is 0 Å². The molecule has 0 aliphatic carbocycles. The van der Waals surface area contributed by atoms with E-state index in [9.17, 15) is 0 Å². The van der Waals surface area contributed by atoms with Crippen molar-refractivity contribution in [2.75, 3.05) is 4.90 Å². The van der Waals surface area contributed by atoms with Gasteiger partial charge in [0.2, 0.25) is 0 Å². The molecule has 208 valence electrons. The maximum absolute atomic E-state index is 2.43. The molecule has 0 saturated heterocycles. The van der Waals surface area contributed by atoms with E-state index in [2.05, 4.69) is 164 Å². The number of nitrogens with zero attached hydrogens (tertiary/aromatic N) is 1. The molecule has 0 fully saturated rings. The molecule has 0 radical (unpaired) electrons. The van der Waals surface area contributed by atoms with Crippen LogP contribution >= 0.6 is 0 Å². The second-order valence-corrected chi connectivity index (χ2v) is 12.4. The highest BCUT2D eigenvalue weighted by Gasteiger charge is 2.19. The first-order valence-corrected chi connectivity index (χ1v) is 15.5. The summed E-state index contributed by atoms with van der Waals surface area (Å²) in [7, 11) is 0. The van der Waals surface area contributed by atoms with Crippen molar-refractivity contribution in [2.45, 2.75) is 19.8 Å². The van der Waals surface area contributed by atoms with Crippen molar-refractivity contribution >= 4 is 81.7 Å². The molecule has 0 aliphatic rings. The summed E-state index contributed by atoms with van der Waals surface area (Å²) in [6.07, 6.45) is 0. The molecule has 0 heterocycles. The molecule has 0 saturated carbocycles. The van der Waals surface area contributed by atoms with Crippen LogP contribution in [0.4, 0.5) is 17.1 Å². The Morgan fingerprint density at radius 3 is 1.41 bits per heavy atom. The molecular formula is C43H31N. The smallest absolute Gasteiger partial charge is 0.0474 e. The van der Waals surface area contributed by atoms with Gasteiger partial charge in [-0.25, -0.2) is 0 Å². The Morgan fingerprint density at radius 1 is 0.364 bits per heavy atom. The van der Waals surface area contributed by atoms with Crippen LogP contribution in [0.15, 0.2) is 146 Å². The van der Waals surface area contributed by atoms with Crippen molar-refractivity contribution in [3.05, 3.63) is 151 Å². The summed E-state index contributed by atoms with van der Waals surface area (Å²) in [4.78, 5) is 2.43. The third kappa shape index (κ3) is 3.79. The second-order valence-electron chi connectivity index (χ2n) is 12.4. The lowest BCUT2D eigenvalue weighted by Gasteiger charge is -2.27. The number of fused-ring (bicyclic) bond motifs is 4. The van der Waals surface area contributed by atoms with Crippen LogP contribution in [0.2, 0.25) is 0 Å². The van der Waals surface area contributed by atoms with Crippen LogP contribution in [0.25, 0.3) is 64.6 Å². The van der Waals surface area contributed by atoms with Crippen molar-refractivity contribution in [1.29, 1.82) is 0 Å². The number of anilines is 3. The maximum atomic E-state index is 2.43. The fraction of sp³-hybridized carbons (Fsp3) is 0.0698. The van der Waals surface area contributed by atoms with Crippen molar-refractivity contribution < 1.29 is 0 Å². The molecule has 0 spiro atoms. The highest BCUT2D eigenvalue weighted by molar-refractivity contribution is 6.33. The van der Waals surface area contributed by atoms with E-state index in [1.165, 1.54) is 70.2 Å². The zero-order chi connectivity index (χ0) is 29.4. The standard InChI is InChI=1S/C43H31N/c1-27(2)34-21-32-13-7-16-39-41-26-37(24-33-14-8-15-38(43(33)41)40(25-34)42(32)39)44(35-19-17-28-9-3-5-11-30(28)22-35)36-20-18-29-10-4-6-12-31(29)23-36/h3-27H,1-2H3. The van der Waals surface area contributed by atoms with Gasteiger partial charge in [-0.15, -0.1) is 0 Å². The normalized spacial score (nSPS) is 12.1. The highest BCUT2D eigenvalue weighted by Crippen LogP contribution is 2.45. The van der Waals surface area contributed by atoms with Gasteiger partial charge in [0.05, 0.1) is 0 Å². The third-order valence-electron chi connectivity index (χ3n) is 9.45. The fourth-order valence-electron chi connectivity index (χ4n) is 7.28. The van der Waals surface area contributed by atoms with Crippen LogP contribution in [0.1, 0.15) is 25.3 Å². The minimum atomic E-state index is 0.472. The maximum Gasteiger partial charge on any atom is 0.0474 e. The minimum Gasteiger partial charge on any atom is -0.310 e. The summed E-state index contributed by atoms with van der Waals surface area (Å²) in [5, 5.41) is 15.5. The molecule has 9 rings (SSSR count). The molecule has 0 bridgehead atoms. The molecule has 0 amide bonds. The van der Waals surface area contributed by atoms with E-state index < -0.39 is 0 Å². The minimum absolute atomic E-state index is 0.472. The molecule has 0 aliphatic heterocycles. The van der Waals surface area contributed by atoms with Crippen LogP contribution in [0.5, 0.6) is 0 Å². The molecule has 1 heteroatoms. The average Bonchev–Trinajstić information content (AvgIpc) is 3.06. The summed E-state index contributed by atoms with van der Waals surface area (Å²) in [6, 6.07) is 54.1. The zero-order valence-corrected chi connectivity index (χ0v) is 24.9. The van der Waals surface area contributed by atoms with Gasteiger partial charge in [0, 0.05) is 17.1 Å². The Morgan fingerprint density at radius 2 is 0.841 bits per heavy atom. The van der Waals surface area contributed by atoms with Crippen molar-refractivity contribution in [3.63, 3.8) is 0 Å². The summed E-state index contributed by atoms with van der Waals surface area (Å²) >= 11 is 0. The molecule has 0 N–H and O–H groups in total. The van der Waals surface area contributed by atoms with Gasteiger partial charge < -0.3 is 4.90 Å². The van der Waals surface area contributed by atoms with E-state index in [4.69, 9.17) is 0 Å². The molecule has 0 atom stereocenters. The molecule has 9 aromatic carbocycles. The SMILES string of the molecule is CC(C)c1cc2cccc3c4cc(N(c5ccc6ccccc6c5)c5ccc6ccccc6c5)cc5cccc(c(c1)c23)c54. The number of rotatable bonds is 4. The topological polar surface area (TPSA) is 3.24 Å². The molecule has 0 aromatic heterocycles. The third-order valence-corrected chi connectivity index (χ3v) is 9.45. The Hall–Kier alpha value is -5.40. The first-order valence-electron chi connectivity index (χ1n) is 15.5. The molecule has 1 nitrogen and oxygen atoms in total. The quantitative estimate of drug-likeness (QED) is 0.153. The number of hydrogen-bond acceptors (Lipinski definition) is 1. The van der Waals surface area contributed by atoms with Gasteiger partial charge in [-0.2, -0.15) is 0 Å². The number of hydrogen-bond donors (Lipinski definition) is 0. The lowest BCUT2D eigenvalue weighted by molar-refractivity contribution is 0.870. The van der Waals surface area contributed by atoms with Crippen LogP contribution in [-0.2, 0) is 0 Å². The lowest BCUT2D eigenvalue weighted by Crippen LogP contribution is -2.10. The average molecular weight is 562 g/mol. The van der Waals surface area contributed by atoms with E-state index >= 15 is 0 Å². The van der Waals surface area contributed by atoms with E-state index in [1.54, 1.807) is 0 Å². The van der Waals surface area contributed by atoms with Gasteiger partial charge in [0.15, 0.2) is 0 Å². The van der Waals surface area contributed by atoms with E-state index in [1.807, 2.05) is 0 Å². The van der Waals surface area contributed by atoms with Crippen molar-refractivity contribution in [1.82, 2.24) is 0 Å². The van der Waals surface area contributed by atoms with Crippen molar-refractivity contribution in [2.24, 2.45) is 0 Å². The number of benzene rings is 9. The van der Waals surface area contributed by atoms with Gasteiger partial charge >= 0.3 is 0 Å². The van der Waals surface area contributed by atoms with E-state index in [0.717, 1.165) is 17.1 Å². The Kier molecular flexibility index (Phi) is 5.46. The van der Waals surface area contributed by atoms with Crippen LogP contribution in [0.3, 0.4) is 0 Å². The summed E-state index contributed by atoms with van der Waals surface area (Å²) < 4.78 is 0. The van der Waals surface area contributed by atoms with Gasteiger partial charge in [-0.3, -0.25) is 0 Å². The van der Waals surface area contributed by atoms with Gasteiger partial charge in [-0.1, -0.05) is 123 Å². The monoisotopic (exact) mass is 561 g/mol. The summed E-state index contributed by atoms with van der Waals surface area (Å²) in [6.45, 7) is 4.57. The predicted molar refractivity (Wildman–Crippen MR) is 191 cm³/mol. The van der Waals surface area contributed by atoms with Gasteiger partial charge in [0.25, 0.3) is 0 Å². The van der Waals surface area contributed by atoms with Crippen LogP contribution in [0, 0.1) is 0 Å². The first kappa shape index (κ1) is 25.1. The zero-order valence-electron chi connectivity index (χ0n) is 24.9. The van der Waals surface area contributed by atoms with Crippen LogP contribution in [-0.4, -0.2) is 0 Å².